The number of benzene rings is 2. The van der Waals surface area contributed by atoms with Crippen LogP contribution in [0.15, 0.2) is 58.4 Å². The quantitative estimate of drug-likeness (QED) is 0.226. The molecule has 0 saturated heterocycles. The van der Waals surface area contributed by atoms with Crippen LogP contribution in [0.25, 0.3) is 0 Å². The van der Waals surface area contributed by atoms with Crippen LogP contribution in [0, 0.1) is 6.92 Å². The number of hydrogen-bond donors (Lipinski definition) is 3. The zero-order chi connectivity index (χ0) is 19.0. The molecule has 2 aromatic carbocycles. The van der Waals surface area contributed by atoms with Gasteiger partial charge in [-0.15, -0.1) is 24.0 Å². The molecular formula is C18H24ClIN4O2S. The molecule has 148 valence electrons. The highest BCUT2D eigenvalue weighted by Crippen LogP contribution is 2.10. The summed E-state index contributed by atoms with van der Waals surface area (Å²) in [6.07, 6.45) is 0. The maximum absolute atomic E-state index is 12.2. The Morgan fingerprint density at radius 3 is 2.22 bits per heavy atom. The lowest BCUT2D eigenvalue weighted by atomic mass is 10.2. The molecule has 0 heterocycles. The lowest BCUT2D eigenvalue weighted by Gasteiger charge is -2.13. The summed E-state index contributed by atoms with van der Waals surface area (Å²) in [6, 6.07) is 14.2. The molecule has 2 aromatic rings. The third-order valence-corrected chi connectivity index (χ3v) is 5.37. The van der Waals surface area contributed by atoms with Crippen molar-refractivity contribution in [1.82, 2.24) is 15.4 Å². The molecule has 3 N–H and O–H groups in total. The summed E-state index contributed by atoms with van der Waals surface area (Å²) in [5, 5.41) is 6.92. The molecule has 0 radical (unpaired) electrons. The average molecular weight is 523 g/mol. The number of rotatable bonds is 7. The molecular weight excluding hydrogens is 499 g/mol. The van der Waals surface area contributed by atoms with Crippen molar-refractivity contribution in [3.05, 3.63) is 64.7 Å². The third kappa shape index (κ3) is 8.04. The van der Waals surface area contributed by atoms with Gasteiger partial charge in [0, 0.05) is 31.7 Å². The Balaban J connectivity index is 0.00000364. The Kier molecular flexibility index (Phi) is 10.1. The molecule has 0 atom stereocenters. The Hall–Kier alpha value is -1.36. The van der Waals surface area contributed by atoms with Crippen LogP contribution in [0.4, 0.5) is 0 Å². The molecule has 0 aliphatic heterocycles. The van der Waals surface area contributed by atoms with Gasteiger partial charge in [-0.2, -0.15) is 0 Å². The van der Waals surface area contributed by atoms with Gasteiger partial charge in [0.25, 0.3) is 0 Å². The van der Waals surface area contributed by atoms with E-state index in [0.29, 0.717) is 24.1 Å². The maximum atomic E-state index is 12.2. The molecule has 0 saturated carbocycles. The Morgan fingerprint density at radius 2 is 1.63 bits per heavy atom. The summed E-state index contributed by atoms with van der Waals surface area (Å²) in [5.74, 6) is 0.592. The van der Waals surface area contributed by atoms with Crippen molar-refractivity contribution in [3.63, 3.8) is 0 Å². The lowest BCUT2D eigenvalue weighted by molar-refractivity contribution is 0.580. The van der Waals surface area contributed by atoms with Crippen LogP contribution in [0.5, 0.6) is 0 Å². The molecule has 27 heavy (non-hydrogen) atoms. The van der Waals surface area contributed by atoms with Gasteiger partial charge in [0.1, 0.15) is 0 Å². The van der Waals surface area contributed by atoms with Crippen molar-refractivity contribution in [3.8, 4) is 0 Å². The number of aryl methyl sites for hydroxylation is 1. The largest absolute Gasteiger partial charge is 0.355 e. The van der Waals surface area contributed by atoms with E-state index in [2.05, 4.69) is 20.3 Å². The van der Waals surface area contributed by atoms with Gasteiger partial charge in [-0.3, -0.25) is 4.99 Å². The van der Waals surface area contributed by atoms with Crippen LogP contribution in [-0.4, -0.2) is 34.5 Å². The summed E-state index contributed by atoms with van der Waals surface area (Å²) in [7, 11) is -1.84. The fraction of sp³-hybridized carbons (Fsp3) is 0.278. The molecule has 0 aliphatic rings. The van der Waals surface area contributed by atoms with Crippen molar-refractivity contribution in [1.29, 1.82) is 0 Å². The van der Waals surface area contributed by atoms with Gasteiger partial charge in [-0.25, -0.2) is 13.1 Å². The molecule has 0 fully saturated rings. The highest BCUT2D eigenvalue weighted by Gasteiger charge is 2.12. The third-order valence-electron chi connectivity index (χ3n) is 3.64. The number of nitrogens with one attached hydrogen (secondary N) is 3. The first kappa shape index (κ1) is 23.7. The second kappa shape index (κ2) is 11.5. The monoisotopic (exact) mass is 522 g/mol. The summed E-state index contributed by atoms with van der Waals surface area (Å²) in [4.78, 5) is 4.37. The summed E-state index contributed by atoms with van der Waals surface area (Å²) < 4.78 is 27.0. The lowest BCUT2D eigenvalue weighted by Crippen LogP contribution is -2.41. The second-order valence-corrected chi connectivity index (χ2v) is 7.89. The van der Waals surface area contributed by atoms with Gasteiger partial charge in [-0.1, -0.05) is 41.4 Å². The summed E-state index contributed by atoms with van der Waals surface area (Å²) in [5.41, 5.74) is 2.08. The minimum atomic E-state index is -3.50. The first-order valence-electron chi connectivity index (χ1n) is 8.16. The van der Waals surface area contributed by atoms with Crippen molar-refractivity contribution >= 4 is 51.6 Å². The standard InChI is InChI=1S/C18H23ClN4O2S.HI/c1-14-3-9-17(10-4-14)26(24,25)23-12-11-21-18(20-2)22-13-15-5-7-16(19)8-6-15;/h3-10,23H,11-13H2,1-2H3,(H2,20,21,22);1H. The minimum absolute atomic E-state index is 0. The van der Waals surface area contributed by atoms with Crippen LogP contribution in [0.2, 0.25) is 5.02 Å². The molecule has 0 amide bonds. The van der Waals surface area contributed by atoms with E-state index in [1.54, 1.807) is 31.3 Å². The van der Waals surface area contributed by atoms with Crippen molar-refractivity contribution in [2.45, 2.75) is 18.4 Å². The maximum Gasteiger partial charge on any atom is 0.240 e. The van der Waals surface area contributed by atoms with Gasteiger partial charge in [0.15, 0.2) is 5.96 Å². The number of halogens is 2. The van der Waals surface area contributed by atoms with Crippen molar-refractivity contribution in [2.75, 3.05) is 20.1 Å². The first-order chi connectivity index (χ1) is 12.4. The molecule has 0 aliphatic carbocycles. The molecule has 0 spiro atoms. The number of guanidine groups is 1. The Bertz CT molecular complexity index is 841. The zero-order valence-electron chi connectivity index (χ0n) is 15.2. The van der Waals surface area contributed by atoms with Crippen LogP contribution in [-0.2, 0) is 16.6 Å². The van der Waals surface area contributed by atoms with E-state index in [0.717, 1.165) is 11.1 Å². The van der Waals surface area contributed by atoms with E-state index < -0.39 is 10.0 Å². The van der Waals surface area contributed by atoms with Crippen molar-refractivity contribution in [2.24, 2.45) is 4.99 Å². The normalized spacial score (nSPS) is 11.6. The Morgan fingerprint density at radius 1 is 1.00 bits per heavy atom. The number of nitrogens with zero attached hydrogens (tertiary/aromatic N) is 1. The van der Waals surface area contributed by atoms with E-state index in [1.165, 1.54) is 0 Å². The van der Waals surface area contributed by atoms with Crippen LogP contribution >= 0.6 is 35.6 Å². The fourth-order valence-corrected chi connectivity index (χ4v) is 3.33. The number of hydrogen-bond acceptors (Lipinski definition) is 3. The van der Waals surface area contributed by atoms with Gasteiger partial charge in [-0.05, 0) is 36.8 Å². The van der Waals surface area contributed by atoms with Crippen LogP contribution in [0.1, 0.15) is 11.1 Å². The minimum Gasteiger partial charge on any atom is -0.355 e. The van der Waals surface area contributed by atoms with Gasteiger partial charge in [0.2, 0.25) is 10.0 Å². The van der Waals surface area contributed by atoms with Gasteiger partial charge in [0.05, 0.1) is 4.90 Å². The summed E-state index contributed by atoms with van der Waals surface area (Å²) in [6.45, 7) is 3.16. The van der Waals surface area contributed by atoms with Gasteiger partial charge < -0.3 is 10.6 Å². The van der Waals surface area contributed by atoms with Crippen LogP contribution < -0.4 is 15.4 Å². The average Bonchev–Trinajstić information content (AvgIpc) is 2.63. The van der Waals surface area contributed by atoms with E-state index in [-0.39, 0.29) is 35.4 Å². The van der Waals surface area contributed by atoms with E-state index >= 15 is 0 Å². The SMILES string of the molecule is CN=C(NCCNS(=O)(=O)c1ccc(C)cc1)NCc1ccc(Cl)cc1.I. The highest BCUT2D eigenvalue weighted by atomic mass is 127. The van der Waals surface area contributed by atoms with E-state index in [9.17, 15) is 8.42 Å². The molecule has 0 bridgehead atoms. The van der Waals surface area contributed by atoms with Crippen molar-refractivity contribution < 1.29 is 8.42 Å². The molecule has 0 aromatic heterocycles. The summed E-state index contributed by atoms with van der Waals surface area (Å²) >= 11 is 5.86. The highest BCUT2D eigenvalue weighted by molar-refractivity contribution is 14.0. The number of aliphatic imine (C=N–C) groups is 1. The predicted octanol–water partition coefficient (Wildman–Crippen LogP) is 2.91. The zero-order valence-corrected chi connectivity index (χ0v) is 19.1. The van der Waals surface area contributed by atoms with Crippen LogP contribution in [0.3, 0.4) is 0 Å². The molecule has 2 rings (SSSR count). The smallest absolute Gasteiger partial charge is 0.240 e. The first-order valence-corrected chi connectivity index (χ1v) is 10.0. The topological polar surface area (TPSA) is 82.6 Å². The van der Waals surface area contributed by atoms with E-state index in [4.69, 9.17) is 11.6 Å². The fourth-order valence-electron chi connectivity index (χ4n) is 2.18. The molecule has 0 unspecified atom stereocenters. The Labute approximate surface area is 182 Å². The second-order valence-electron chi connectivity index (χ2n) is 5.69. The molecule has 6 nitrogen and oxygen atoms in total. The van der Waals surface area contributed by atoms with E-state index in [1.807, 2.05) is 31.2 Å². The molecule has 9 heteroatoms. The number of sulfonamides is 1. The predicted molar refractivity (Wildman–Crippen MR) is 121 cm³/mol. The van der Waals surface area contributed by atoms with Gasteiger partial charge >= 0.3 is 0 Å².